The summed E-state index contributed by atoms with van der Waals surface area (Å²) in [5.74, 6) is 0.750. The molecule has 0 aliphatic carbocycles. The topological polar surface area (TPSA) is 48.4 Å². The Labute approximate surface area is 124 Å². The Bertz CT molecular complexity index is 582. The third-order valence-corrected chi connectivity index (χ3v) is 2.75. The number of carbonyl (C=O) groups excluding carboxylic acids is 1. The Hall–Kier alpha value is -2.36. The van der Waals surface area contributed by atoms with E-state index in [2.05, 4.69) is 18.8 Å². The number of hydrogen-bond donors (Lipinski definition) is 0. The number of hydrogen-bond acceptors (Lipinski definition) is 4. The normalized spacial score (nSPS) is 10.4. The Kier molecular flexibility index (Phi) is 5.32. The molecule has 0 amide bonds. The van der Waals surface area contributed by atoms with Crippen molar-refractivity contribution in [2.45, 2.75) is 20.5 Å². The SMILES string of the molecule is CC(C)COc1cccc(C(=O)OCc2cccnc2)c1. The van der Waals surface area contributed by atoms with Crippen molar-refractivity contribution in [1.82, 2.24) is 4.98 Å². The average molecular weight is 285 g/mol. The molecule has 0 atom stereocenters. The number of rotatable bonds is 6. The molecule has 0 radical (unpaired) electrons. The first-order chi connectivity index (χ1) is 10.1. The molecule has 2 rings (SSSR count). The lowest BCUT2D eigenvalue weighted by Gasteiger charge is -2.10. The first kappa shape index (κ1) is 15.0. The Morgan fingerprint density at radius 1 is 1.24 bits per heavy atom. The van der Waals surface area contributed by atoms with Gasteiger partial charge in [-0.25, -0.2) is 4.79 Å². The molecule has 0 bridgehead atoms. The molecule has 0 saturated heterocycles. The van der Waals surface area contributed by atoms with Gasteiger partial charge in [0.1, 0.15) is 12.4 Å². The van der Waals surface area contributed by atoms with Crippen LogP contribution < -0.4 is 4.74 Å². The minimum atomic E-state index is -0.367. The quantitative estimate of drug-likeness (QED) is 0.762. The highest BCUT2D eigenvalue weighted by Crippen LogP contribution is 2.15. The van der Waals surface area contributed by atoms with Crippen molar-refractivity contribution >= 4 is 5.97 Å². The molecule has 0 fully saturated rings. The monoisotopic (exact) mass is 285 g/mol. The number of ether oxygens (including phenoxy) is 2. The zero-order valence-electron chi connectivity index (χ0n) is 12.3. The van der Waals surface area contributed by atoms with E-state index >= 15 is 0 Å². The summed E-state index contributed by atoms with van der Waals surface area (Å²) < 4.78 is 10.9. The van der Waals surface area contributed by atoms with Crippen molar-refractivity contribution in [2.75, 3.05) is 6.61 Å². The Balaban J connectivity index is 1.94. The van der Waals surface area contributed by atoms with Crippen molar-refractivity contribution < 1.29 is 14.3 Å². The maximum absolute atomic E-state index is 12.0. The van der Waals surface area contributed by atoms with E-state index in [9.17, 15) is 4.79 Å². The highest BCUT2D eigenvalue weighted by atomic mass is 16.5. The minimum Gasteiger partial charge on any atom is -0.493 e. The van der Waals surface area contributed by atoms with Crippen molar-refractivity contribution in [2.24, 2.45) is 5.92 Å². The maximum atomic E-state index is 12.0. The van der Waals surface area contributed by atoms with Gasteiger partial charge in [-0.15, -0.1) is 0 Å². The van der Waals surface area contributed by atoms with E-state index in [1.807, 2.05) is 18.2 Å². The molecule has 2 aromatic rings. The molecule has 1 aromatic carbocycles. The lowest BCUT2D eigenvalue weighted by molar-refractivity contribution is 0.0472. The molecule has 110 valence electrons. The van der Waals surface area contributed by atoms with Gasteiger partial charge in [-0.1, -0.05) is 26.0 Å². The van der Waals surface area contributed by atoms with Crippen LogP contribution in [0.4, 0.5) is 0 Å². The molecule has 0 aliphatic rings. The molecule has 1 heterocycles. The van der Waals surface area contributed by atoms with Crippen LogP contribution in [-0.4, -0.2) is 17.6 Å². The van der Waals surface area contributed by atoms with Crippen molar-refractivity contribution in [3.05, 3.63) is 59.9 Å². The molecule has 21 heavy (non-hydrogen) atoms. The molecule has 0 spiro atoms. The van der Waals surface area contributed by atoms with E-state index in [1.54, 1.807) is 30.6 Å². The molecule has 0 aliphatic heterocycles. The summed E-state index contributed by atoms with van der Waals surface area (Å²) in [6.07, 6.45) is 3.36. The second-order valence-corrected chi connectivity index (χ2v) is 5.17. The second-order valence-electron chi connectivity index (χ2n) is 5.17. The summed E-state index contributed by atoms with van der Waals surface area (Å²) in [7, 11) is 0. The van der Waals surface area contributed by atoms with Crippen LogP contribution in [-0.2, 0) is 11.3 Å². The first-order valence-electron chi connectivity index (χ1n) is 6.94. The fourth-order valence-corrected chi connectivity index (χ4v) is 1.69. The van der Waals surface area contributed by atoms with Gasteiger partial charge in [0.2, 0.25) is 0 Å². The van der Waals surface area contributed by atoms with Crippen LogP contribution in [0.5, 0.6) is 5.75 Å². The van der Waals surface area contributed by atoms with Crippen LogP contribution in [0.1, 0.15) is 29.8 Å². The summed E-state index contributed by atoms with van der Waals surface area (Å²) in [5, 5.41) is 0. The number of aromatic nitrogens is 1. The fraction of sp³-hybridized carbons (Fsp3) is 0.294. The molecule has 0 saturated carbocycles. The molecule has 4 nitrogen and oxygen atoms in total. The van der Waals surface area contributed by atoms with Crippen LogP contribution >= 0.6 is 0 Å². The van der Waals surface area contributed by atoms with E-state index in [1.165, 1.54) is 0 Å². The van der Waals surface area contributed by atoms with Crippen LogP contribution in [0.15, 0.2) is 48.8 Å². The van der Waals surface area contributed by atoms with Gasteiger partial charge in [-0.05, 0) is 30.2 Å². The summed E-state index contributed by atoms with van der Waals surface area (Å²) in [6, 6.07) is 10.7. The highest BCUT2D eigenvalue weighted by molar-refractivity contribution is 5.89. The zero-order chi connectivity index (χ0) is 15.1. The molecule has 0 N–H and O–H groups in total. The minimum absolute atomic E-state index is 0.212. The standard InChI is InChI=1S/C17H19NO3/c1-13(2)11-20-16-7-3-6-15(9-16)17(19)21-12-14-5-4-8-18-10-14/h3-10,13H,11-12H2,1-2H3. The first-order valence-corrected chi connectivity index (χ1v) is 6.94. The maximum Gasteiger partial charge on any atom is 0.338 e. The van der Waals surface area contributed by atoms with Crippen molar-refractivity contribution in [3.8, 4) is 5.75 Å². The van der Waals surface area contributed by atoms with Crippen LogP contribution in [0.2, 0.25) is 0 Å². The van der Waals surface area contributed by atoms with Gasteiger partial charge in [-0.2, -0.15) is 0 Å². The lowest BCUT2D eigenvalue weighted by Crippen LogP contribution is -2.07. The molecule has 1 aromatic heterocycles. The average Bonchev–Trinajstić information content (AvgIpc) is 2.52. The van der Waals surface area contributed by atoms with E-state index in [-0.39, 0.29) is 12.6 Å². The summed E-state index contributed by atoms with van der Waals surface area (Å²) in [6.45, 7) is 4.98. The predicted molar refractivity (Wildman–Crippen MR) is 80.1 cm³/mol. The summed E-state index contributed by atoms with van der Waals surface area (Å²) in [5.41, 5.74) is 1.35. The molecular formula is C17H19NO3. The number of benzene rings is 1. The number of esters is 1. The van der Waals surface area contributed by atoms with Crippen molar-refractivity contribution in [3.63, 3.8) is 0 Å². The zero-order valence-corrected chi connectivity index (χ0v) is 12.3. The van der Waals surface area contributed by atoms with Crippen LogP contribution in [0.3, 0.4) is 0 Å². The second kappa shape index (κ2) is 7.43. The smallest absolute Gasteiger partial charge is 0.338 e. The largest absolute Gasteiger partial charge is 0.493 e. The molecule has 4 heteroatoms. The number of pyridine rings is 1. The summed E-state index contributed by atoms with van der Waals surface area (Å²) >= 11 is 0. The third-order valence-electron chi connectivity index (χ3n) is 2.75. The fourth-order valence-electron chi connectivity index (χ4n) is 1.69. The van der Waals surface area contributed by atoms with Crippen LogP contribution in [0, 0.1) is 5.92 Å². The highest BCUT2D eigenvalue weighted by Gasteiger charge is 2.09. The van der Waals surface area contributed by atoms with Crippen molar-refractivity contribution in [1.29, 1.82) is 0 Å². The molecular weight excluding hydrogens is 266 g/mol. The third kappa shape index (κ3) is 4.91. The van der Waals surface area contributed by atoms with E-state index in [4.69, 9.17) is 9.47 Å². The predicted octanol–water partition coefficient (Wildman–Crippen LogP) is 3.47. The van der Waals surface area contributed by atoms with Gasteiger partial charge >= 0.3 is 5.97 Å². The molecule has 0 unspecified atom stereocenters. The lowest BCUT2D eigenvalue weighted by atomic mass is 10.2. The number of carbonyl (C=O) groups is 1. The van der Waals surface area contributed by atoms with Gasteiger partial charge in [0.25, 0.3) is 0 Å². The van der Waals surface area contributed by atoms with Gasteiger partial charge in [-0.3, -0.25) is 4.98 Å². The number of nitrogens with zero attached hydrogens (tertiary/aromatic N) is 1. The van der Waals surface area contributed by atoms with Gasteiger partial charge in [0.05, 0.1) is 12.2 Å². The van der Waals surface area contributed by atoms with E-state index in [0.717, 1.165) is 5.56 Å². The Morgan fingerprint density at radius 3 is 2.81 bits per heavy atom. The van der Waals surface area contributed by atoms with E-state index in [0.29, 0.717) is 23.8 Å². The summed E-state index contributed by atoms with van der Waals surface area (Å²) in [4.78, 5) is 16.0. The van der Waals surface area contributed by atoms with Gasteiger partial charge in [0.15, 0.2) is 0 Å². The van der Waals surface area contributed by atoms with Crippen LogP contribution in [0.25, 0.3) is 0 Å². The van der Waals surface area contributed by atoms with E-state index < -0.39 is 0 Å². The Morgan fingerprint density at radius 2 is 2.10 bits per heavy atom. The van der Waals surface area contributed by atoms with Gasteiger partial charge in [0, 0.05) is 18.0 Å². The van der Waals surface area contributed by atoms with Gasteiger partial charge < -0.3 is 9.47 Å².